The highest BCUT2D eigenvalue weighted by atomic mass is 14.0. The maximum Gasteiger partial charge on any atom is -0.0184 e. The van der Waals surface area contributed by atoms with Gasteiger partial charge >= 0.3 is 0 Å². The fourth-order valence-electron chi connectivity index (χ4n) is 1.22. The van der Waals surface area contributed by atoms with Gasteiger partial charge in [0.25, 0.3) is 0 Å². The molecule has 0 aliphatic carbocycles. The van der Waals surface area contributed by atoms with E-state index in [2.05, 4.69) is 19.7 Å². The Morgan fingerprint density at radius 1 is 1.06 bits per heavy atom. The summed E-state index contributed by atoms with van der Waals surface area (Å²) in [5, 5.41) is 0. The molecule has 84 valence electrons. The molecule has 0 aliphatic rings. The molecule has 0 heteroatoms. The minimum atomic E-state index is 0.973. The van der Waals surface area contributed by atoms with Gasteiger partial charge in [-0.15, -0.1) is 0 Å². The fraction of sp³-hybridized carbons (Fsp3) is 0.125. The van der Waals surface area contributed by atoms with Crippen LogP contribution >= 0.6 is 0 Å². The van der Waals surface area contributed by atoms with Gasteiger partial charge in [0.15, 0.2) is 0 Å². The number of hydrogen-bond donors (Lipinski definition) is 0. The van der Waals surface area contributed by atoms with Crippen molar-refractivity contribution < 1.29 is 0 Å². The van der Waals surface area contributed by atoms with Crippen LogP contribution in [0.5, 0.6) is 0 Å². The fourth-order valence-corrected chi connectivity index (χ4v) is 1.22. The molecule has 1 aromatic rings. The van der Waals surface area contributed by atoms with Crippen LogP contribution in [0.4, 0.5) is 0 Å². The van der Waals surface area contributed by atoms with Crippen molar-refractivity contribution in [3.8, 4) is 0 Å². The van der Waals surface area contributed by atoms with Gasteiger partial charge in [0.2, 0.25) is 0 Å². The van der Waals surface area contributed by atoms with Crippen LogP contribution in [0, 0.1) is 0 Å². The Kier molecular flexibility index (Phi) is 7.52. The molecular formula is C16H20. The maximum atomic E-state index is 4.03. The third kappa shape index (κ3) is 4.14. The Balaban J connectivity index is 0.00000106. The van der Waals surface area contributed by atoms with Crippen LogP contribution in [0.15, 0.2) is 73.9 Å². The van der Waals surface area contributed by atoms with Crippen LogP contribution in [-0.2, 0) is 0 Å². The van der Waals surface area contributed by atoms with E-state index in [1.807, 2.05) is 50.3 Å². The van der Waals surface area contributed by atoms with Crippen molar-refractivity contribution in [3.05, 3.63) is 79.4 Å². The first kappa shape index (κ1) is 14.2. The highest BCUT2D eigenvalue weighted by Gasteiger charge is 1.99. The second-order valence-electron chi connectivity index (χ2n) is 2.91. The Bertz CT molecular complexity index is 366. The highest BCUT2D eigenvalue weighted by Crippen LogP contribution is 2.21. The van der Waals surface area contributed by atoms with E-state index in [9.17, 15) is 0 Å². The monoisotopic (exact) mass is 212 g/mol. The van der Waals surface area contributed by atoms with Gasteiger partial charge in [-0.2, -0.15) is 0 Å². The van der Waals surface area contributed by atoms with Crippen LogP contribution in [-0.4, -0.2) is 0 Å². The van der Waals surface area contributed by atoms with Gasteiger partial charge in [0.1, 0.15) is 0 Å². The summed E-state index contributed by atoms with van der Waals surface area (Å²) in [6.45, 7) is 15.4. The lowest BCUT2D eigenvalue weighted by Crippen LogP contribution is -1.84. The predicted octanol–water partition coefficient (Wildman–Crippen LogP) is 5.02. The standard InChI is InChI=1S/C14H14.C2H6/c1-4-9-13(5-2)12(3)14-10-7-6-8-11-14;1-2/h4-11H,1-3H2;1-2H3/b13-9+;. The van der Waals surface area contributed by atoms with Gasteiger partial charge in [-0.25, -0.2) is 0 Å². The summed E-state index contributed by atoms with van der Waals surface area (Å²) in [6.07, 6.45) is 5.44. The van der Waals surface area contributed by atoms with E-state index in [4.69, 9.17) is 0 Å². The molecule has 0 nitrogen and oxygen atoms in total. The molecule has 1 rings (SSSR count). The largest absolute Gasteiger partial charge is 0.0990 e. The van der Waals surface area contributed by atoms with Crippen molar-refractivity contribution in [2.75, 3.05) is 0 Å². The molecule has 0 aliphatic heterocycles. The molecule has 0 unspecified atom stereocenters. The van der Waals surface area contributed by atoms with Crippen molar-refractivity contribution in [2.24, 2.45) is 0 Å². The van der Waals surface area contributed by atoms with E-state index in [1.54, 1.807) is 12.2 Å². The summed E-state index contributed by atoms with van der Waals surface area (Å²) >= 11 is 0. The molecule has 0 amide bonds. The Morgan fingerprint density at radius 3 is 2.06 bits per heavy atom. The van der Waals surface area contributed by atoms with Gasteiger partial charge in [-0.05, 0) is 16.7 Å². The predicted molar refractivity (Wildman–Crippen MR) is 75.3 cm³/mol. The normalized spacial score (nSPS) is 9.75. The van der Waals surface area contributed by atoms with Gasteiger partial charge in [0.05, 0.1) is 0 Å². The van der Waals surface area contributed by atoms with Crippen LogP contribution in [0.1, 0.15) is 19.4 Å². The molecule has 0 heterocycles. The molecular weight excluding hydrogens is 192 g/mol. The Labute approximate surface area is 99.3 Å². The molecule has 0 spiro atoms. The number of hydrogen-bond acceptors (Lipinski definition) is 0. The van der Waals surface area contributed by atoms with Crippen LogP contribution in [0.2, 0.25) is 0 Å². The minimum Gasteiger partial charge on any atom is -0.0990 e. The zero-order valence-electron chi connectivity index (χ0n) is 10.2. The number of benzene rings is 1. The first-order valence-electron chi connectivity index (χ1n) is 5.49. The van der Waals surface area contributed by atoms with E-state index in [0.717, 1.165) is 16.7 Å². The second kappa shape index (κ2) is 8.49. The molecule has 0 saturated heterocycles. The second-order valence-corrected chi connectivity index (χ2v) is 2.91. The third-order valence-electron chi connectivity index (χ3n) is 1.99. The first-order chi connectivity index (χ1) is 7.79. The lowest BCUT2D eigenvalue weighted by molar-refractivity contribution is 1.50. The van der Waals surface area contributed by atoms with E-state index in [-0.39, 0.29) is 0 Å². The summed E-state index contributed by atoms with van der Waals surface area (Å²) in [7, 11) is 0. The highest BCUT2D eigenvalue weighted by molar-refractivity contribution is 5.80. The smallest absolute Gasteiger partial charge is 0.0184 e. The summed E-state index contributed by atoms with van der Waals surface area (Å²) in [6, 6.07) is 10.0. The van der Waals surface area contributed by atoms with Crippen LogP contribution < -0.4 is 0 Å². The summed E-state index contributed by atoms with van der Waals surface area (Å²) < 4.78 is 0. The average molecular weight is 212 g/mol. The van der Waals surface area contributed by atoms with Crippen LogP contribution in [0.3, 0.4) is 0 Å². The van der Waals surface area contributed by atoms with Crippen molar-refractivity contribution >= 4 is 5.57 Å². The molecule has 0 bridgehead atoms. The van der Waals surface area contributed by atoms with Crippen molar-refractivity contribution in [2.45, 2.75) is 13.8 Å². The Morgan fingerprint density at radius 2 is 1.62 bits per heavy atom. The molecule has 0 atom stereocenters. The van der Waals surface area contributed by atoms with Crippen molar-refractivity contribution in [1.29, 1.82) is 0 Å². The van der Waals surface area contributed by atoms with E-state index >= 15 is 0 Å². The summed E-state index contributed by atoms with van der Waals surface area (Å²) in [5.41, 5.74) is 3.09. The molecule has 1 aromatic carbocycles. The van der Waals surface area contributed by atoms with E-state index in [0.29, 0.717) is 0 Å². The molecule has 0 radical (unpaired) electrons. The lowest BCUT2D eigenvalue weighted by atomic mass is 9.99. The quantitative estimate of drug-likeness (QED) is 0.614. The Hall–Kier alpha value is -1.82. The van der Waals surface area contributed by atoms with Gasteiger partial charge in [-0.1, -0.05) is 82.1 Å². The third-order valence-corrected chi connectivity index (χ3v) is 1.99. The first-order valence-corrected chi connectivity index (χ1v) is 5.49. The molecule has 16 heavy (non-hydrogen) atoms. The average Bonchev–Trinajstić information content (AvgIpc) is 2.38. The molecule has 0 saturated carbocycles. The topological polar surface area (TPSA) is 0 Å². The zero-order valence-corrected chi connectivity index (χ0v) is 10.2. The van der Waals surface area contributed by atoms with Crippen LogP contribution in [0.25, 0.3) is 5.57 Å². The molecule has 0 N–H and O–H groups in total. The lowest BCUT2D eigenvalue weighted by Gasteiger charge is -2.05. The SMILES string of the molecule is C=C/C=C(\C=C)C(=C)c1ccccc1.CC. The zero-order chi connectivity index (χ0) is 12.4. The van der Waals surface area contributed by atoms with Crippen molar-refractivity contribution in [3.63, 3.8) is 0 Å². The maximum absolute atomic E-state index is 4.03. The molecule has 0 aromatic heterocycles. The summed E-state index contributed by atoms with van der Waals surface area (Å²) in [5.74, 6) is 0. The van der Waals surface area contributed by atoms with Gasteiger partial charge in [-0.3, -0.25) is 0 Å². The van der Waals surface area contributed by atoms with E-state index < -0.39 is 0 Å². The molecule has 0 fully saturated rings. The number of rotatable bonds is 4. The van der Waals surface area contributed by atoms with E-state index in [1.165, 1.54) is 0 Å². The summed E-state index contributed by atoms with van der Waals surface area (Å²) in [4.78, 5) is 0. The minimum absolute atomic E-state index is 0.973. The van der Waals surface area contributed by atoms with Gasteiger partial charge in [0, 0.05) is 0 Å². The number of allylic oxidation sites excluding steroid dienone is 5. The van der Waals surface area contributed by atoms with Gasteiger partial charge < -0.3 is 0 Å². The van der Waals surface area contributed by atoms with Crippen molar-refractivity contribution in [1.82, 2.24) is 0 Å².